The van der Waals surface area contributed by atoms with Gasteiger partial charge in [0.2, 0.25) is 23.6 Å². The Morgan fingerprint density at radius 3 is 1.32 bits per heavy atom. The Bertz CT molecular complexity index is 4340. The Morgan fingerprint density at radius 2 is 0.974 bits per heavy atom. The summed E-state index contributed by atoms with van der Waals surface area (Å²) in [5.74, 6) is -4.24. The van der Waals surface area contributed by atoms with E-state index in [1.165, 1.54) is 27.7 Å². The summed E-state index contributed by atoms with van der Waals surface area (Å²) >= 11 is 4.70. The van der Waals surface area contributed by atoms with Gasteiger partial charge in [0.25, 0.3) is 31.3 Å². The number of hydrogen-bond acceptors (Lipinski definition) is 53. The van der Waals surface area contributed by atoms with E-state index < -0.39 is 210 Å². The summed E-state index contributed by atoms with van der Waals surface area (Å²) in [6.07, 6.45) is -15.7. The number of nitrogens with zero attached hydrogens (tertiary/aromatic N) is 8. The average molecular weight is 1880 g/mol. The Balaban J connectivity index is 0.000000678. The van der Waals surface area contributed by atoms with E-state index in [4.69, 9.17) is 59.8 Å². The first-order chi connectivity index (χ1) is 53.9. The molecule has 59 nitrogen and oxygen atoms in total. The summed E-state index contributed by atoms with van der Waals surface area (Å²) in [5, 5.41) is 75.7. The topological polar surface area (TPSA) is 936 Å². The van der Waals surface area contributed by atoms with Crippen molar-refractivity contribution in [2.45, 2.75) is 115 Å². The number of phosphoric acid groups is 7. The molecule has 6 rings (SSSR count). The standard InChI is InChI=1S/C24H40N7O19P3S.C21H36N7O16P3S.C3H7O6P.HO4P.H2/c1-24(2,19(36)22(37)27-5-3-14(33)26-6-8-54-49-15(34)4-7-32)10-46-53(43,44)50-52(41,42)45-9-13-18(48-51(38,39)40)17(35)23(47-13)31-12-30-16-20(25)28-11-29-21(16)31;1-21(2,16(31)19(32)24-4-3-12(29)23-5-6-48)8-41-47(38,39)44-46(36,37)40-7-11-15(43-45(33,34)35)14(30)20(42-11)28-10-27-13-17(22)25-9-26-18(13)28;4-2-1-3(5)9-10(6,7)8;1-4-5(2)3;/h11-13,17-19,23,32,35-36H,3-10H2,1-2H3,(H,26,33)(H,27,37)(H,41,42)(H,43,44)(H2,25,28,29)(H2,38,39,40);9-11,14-16,20,30-31,48H,3-8H2,1-2H3,(H,23,29)(H,24,32)(H,36,37)(H,38,39)(H2,22,25,26)(H2,33,34,35);4H,1-2H2,(H2,6,7,8);1H;1H/p-8. The SMILES string of the molecule is CC(C)(COP(=O)([O-])OP(=O)([O-])OCC1OC(n2cnc3c(N)ncnc32)C(O)C1OP(=O)([O-])[O-])C(O)C(=O)NCCC(=O)NCCS.CC(C)(COP(=O)([O-])OP(=O)([O-])OCC1OC(n2cnc3c(N)ncnc32)C(O)C1OP(=O)([O-])[O-])C(O)C(=O)NCCC(=O)NCCSOC(=O)CCO.O=C(CCO)OP(=O)(O)O.O=[P+]([O-])OO.[HH]. The predicted molar refractivity (Wildman–Crippen MR) is 369 cm³/mol. The van der Waals surface area contributed by atoms with Crippen molar-refractivity contribution < 1.29 is 215 Å². The van der Waals surface area contributed by atoms with E-state index in [0.717, 1.165) is 46.5 Å². The number of nitrogen functional groups attached to an aromatic ring is 2. The molecule has 4 aromatic heterocycles. The smallest absolute Gasteiger partial charge is 0.526 e. The van der Waals surface area contributed by atoms with Crippen molar-refractivity contribution in [3.05, 3.63) is 25.3 Å². The number of carbonyl (C=O) groups is 6. The van der Waals surface area contributed by atoms with Crippen molar-refractivity contribution in [1.29, 1.82) is 0 Å². The highest BCUT2D eigenvalue weighted by Gasteiger charge is 2.49. The molecule has 4 aromatic rings. The molecule has 0 aliphatic carbocycles. The van der Waals surface area contributed by atoms with Gasteiger partial charge < -0.3 is 162 Å². The highest BCUT2D eigenvalue weighted by molar-refractivity contribution is 7.95. The van der Waals surface area contributed by atoms with Crippen LogP contribution in [0.5, 0.6) is 0 Å². The number of fused-ring (bicyclic) bond motifs is 2. The third-order valence-corrected chi connectivity index (χ3v) is 21.6. The van der Waals surface area contributed by atoms with Gasteiger partial charge in [-0.1, -0.05) is 27.7 Å². The van der Waals surface area contributed by atoms with Crippen LogP contribution in [0, 0.1) is 10.8 Å². The van der Waals surface area contributed by atoms with Crippen molar-refractivity contribution in [3.8, 4) is 0 Å². The lowest BCUT2D eigenvalue weighted by atomic mass is 9.87. The summed E-state index contributed by atoms with van der Waals surface area (Å²) in [7, 11) is -42.9. The van der Waals surface area contributed by atoms with Crippen molar-refractivity contribution in [3.63, 3.8) is 0 Å². The fourth-order valence-corrected chi connectivity index (χ4v) is 15.2. The predicted octanol–water partition coefficient (Wildman–Crippen LogP) is -10.00. The number of rotatable bonds is 44. The minimum Gasteiger partial charge on any atom is -0.790 e. The number of hydrogen-bond donors (Lipinski definition) is 16. The lowest BCUT2D eigenvalue weighted by Gasteiger charge is -2.36. The normalized spacial score (nSPS) is 21.1. The van der Waals surface area contributed by atoms with Crippen LogP contribution >= 0.6 is 87.7 Å². The minimum absolute atomic E-state index is 0. The maximum absolute atomic E-state index is 12.5. The molecule has 15 unspecified atom stereocenters. The molecule has 2 aliphatic rings. The molecule has 0 bridgehead atoms. The quantitative estimate of drug-likeness (QED) is 0.00488. The highest BCUT2D eigenvalue weighted by Crippen LogP contribution is 2.58. The van der Waals surface area contributed by atoms with Gasteiger partial charge in [-0.25, -0.2) is 48.3 Å². The molecule has 15 atom stereocenters. The Labute approximate surface area is 669 Å². The number of ether oxygens (including phenoxy) is 2. The molecule has 670 valence electrons. The third-order valence-electron chi connectivity index (χ3n) is 14.1. The number of aromatic nitrogens is 8. The van der Waals surface area contributed by atoms with E-state index in [1.807, 2.05) is 0 Å². The van der Waals surface area contributed by atoms with E-state index in [0.29, 0.717) is 12.3 Å². The fourth-order valence-electron chi connectivity index (χ4n) is 8.77. The van der Waals surface area contributed by atoms with Gasteiger partial charge in [-0.2, -0.15) is 12.6 Å². The van der Waals surface area contributed by atoms with Crippen molar-refractivity contribution in [2.75, 3.05) is 88.8 Å². The molecule has 69 heteroatoms. The molecule has 0 saturated carbocycles. The second kappa shape index (κ2) is 47.4. The van der Waals surface area contributed by atoms with Crippen LogP contribution in [-0.2, 0) is 124 Å². The third kappa shape index (κ3) is 38.0. The number of phosphoric ester groups is 7. The molecule has 6 heterocycles. The van der Waals surface area contributed by atoms with Gasteiger partial charge in [-0.3, -0.25) is 65.9 Å². The number of nitrogens with two attached hydrogens (primary N) is 2. The molecular formula is C48H78N14O45P8S2-8. The number of amides is 4. The monoisotopic (exact) mass is 1880 g/mol. The summed E-state index contributed by atoms with van der Waals surface area (Å²) in [6.45, 7) is -0.625. The van der Waals surface area contributed by atoms with Gasteiger partial charge in [0.1, 0.15) is 72.5 Å². The second-order valence-corrected chi connectivity index (χ2v) is 35.3. The molecule has 4 amide bonds. The zero-order chi connectivity index (χ0) is 89.0. The van der Waals surface area contributed by atoms with Crippen LogP contribution in [0.25, 0.3) is 22.3 Å². The van der Waals surface area contributed by atoms with E-state index in [2.05, 4.69) is 109 Å². The fraction of sp³-hybridized carbons (Fsp3) is 0.667. The first-order valence-corrected chi connectivity index (χ1v) is 44.9. The second-order valence-electron chi connectivity index (χ2n) is 24.2. The van der Waals surface area contributed by atoms with Crippen LogP contribution in [0.2, 0.25) is 0 Å². The maximum atomic E-state index is 12.5. The first-order valence-electron chi connectivity index (χ1n) is 32.0. The van der Waals surface area contributed by atoms with Crippen LogP contribution in [0.3, 0.4) is 0 Å². The summed E-state index contributed by atoms with van der Waals surface area (Å²) < 4.78 is 150. The zero-order valence-corrected chi connectivity index (χ0v) is 69.2. The van der Waals surface area contributed by atoms with Gasteiger partial charge in [0.05, 0.1) is 92.8 Å². The van der Waals surface area contributed by atoms with E-state index in [9.17, 15) is 120 Å². The maximum Gasteiger partial charge on any atom is 0.526 e. The Kier molecular flexibility index (Phi) is 42.9. The molecule has 2 saturated heterocycles. The van der Waals surface area contributed by atoms with E-state index in [1.54, 1.807) is 0 Å². The number of anilines is 2. The van der Waals surface area contributed by atoms with Crippen LogP contribution in [-0.4, -0.2) is 246 Å². The molecular weight excluding hydrogens is 1800 g/mol. The molecule has 17 N–H and O–H groups in total. The molecule has 2 fully saturated rings. The number of aliphatic hydroxyl groups excluding tert-OH is 6. The number of carbonyl (C=O) groups excluding carboxylic acids is 6. The molecule has 117 heavy (non-hydrogen) atoms. The van der Waals surface area contributed by atoms with Gasteiger partial charge in [-0.05, 0) is 4.57 Å². The van der Waals surface area contributed by atoms with Crippen LogP contribution in [0.1, 0.15) is 67.3 Å². The van der Waals surface area contributed by atoms with Crippen molar-refractivity contribution in [1.82, 2.24) is 60.3 Å². The van der Waals surface area contributed by atoms with E-state index in [-0.39, 0.29) is 86.6 Å². The van der Waals surface area contributed by atoms with Gasteiger partial charge in [-0.15, -0.1) is 0 Å². The first kappa shape index (κ1) is 106. The summed E-state index contributed by atoms with van der Waals surface area (Å²) in [6, 6.07) is 0. The van der Waals surface area contributed by atoms with Crippen LogP contribution < -0.4 is 76.8 Å². The Morgan fingerprint density at radius 1 is 0.607 bits per heavy atom. The number of imidazole rings is 2. The highest BCUT2D eigenvalue weighted by atomic mass is 32.2. The van der Waals surface area contributed by atoms with Crippen LogP contribution in [0.4, 0.5) is 11.6 Å². The number of thiol groups is 1. The number of nitrogens with one attached hydrogen (secondary N) is 4. The van der Waals surface area contributed by atoms with Crippen molar-refractivity contribution in [2.24, 2.45) is 10.8 Å². The molecule has 0 spiro atoms. The zero-order valence-electron chi connectivity index (χ0n) is 60.3. The summed E-state index contributed by atoms with van der Waals surface area (Å²) in [5.41, 5.74) is 8.13. The van der Waals surface area contributed by atoms with Crippen LogP contribution in [0.15, 0.2) is 25.3 Å². The van der Waals surface area contributed by atoms with Gasteiger partial charge >= 0.3 is 28.0 Å². The Hall–Kier alpha value is -5.23. The molecule has 0 radical (unpaired) electrons. The number of aliphatic hydroxyl groups is 6. The lowest BCUT2D eigenvalue weighted by Crippen LogP contribution is -2.46. The largest absolute Gasteiger partial charge is 0.790 e. The molecule has 2 aliphatic heterocycles. The van der Waals surface area contributed by atoms with E-state index >= 15 is 0 Å². The molecule has 0 aromatic carbocycles. The van der Waals surface area contributed by atoms with Crippen molar-refractivity contribution >= 4 is 157 Å². The van der Waals surface area contributed by atoms with Gasteiger partial charge in [0, 0.05) is 67.5 Å². The summed E-state index contributed by atoms with van der Waals surface area (Å²) in [4.78, 5) is 213. The minimum atomic E-state index is -5.92. The van der Waals surface area contributed by atoms with Gasteiger partial charge in [0.15, 0.2) is 35.4 Å². The lowest BCUT2D eigenvalue weighted by molar-refractivity contribution is -0.348. The average Bonchev–Trinajstić information content (AvgIpc) is 1.62.